The summed E-state index contributed by atoms with van der Waals surface area (Å²) < 4.78 is 14.1. The molecule has 0 saturated carbocycles. The van der Waals surface area contributed by atoms with Crippen molar-refractivity contribution in [1.82, 2.24) is 4.57 Å². The predicted octanol–water partition coefficient (Wildman–Crippen LogP) is 3.75. The van der Waals surface area contributed by atoms with E-state index in [4.69, 9.17) is 14.1 Å². The van der Waals surface area contributed by atoms with Gasteiger partial charge in [0.15, 0.2) is 10.7 Å². The Bertz CT molecular complexity index is 1660. The van der Waals surface area contributed by atoms with Crippen molar-refractivity contribution in [2.45, 2.75) is 18.9 Å². The molecule has 1 fully saturated rings. The Morgan fingerprint density at radius 1 is 0.944 bits per heavy atom. The lowest BCUT2D eigenvalue weighted by atomic mass is 9.83. The second-order valence-electron chi connectivity index (χ2n) is 9.30. The van der Waals surface area contributed by atoms with Crippen molar-refractivity contribution < 1.29 is 9.15 Å². The van der Waals surface area contributed by atoms with Crippen molar-refractivity contribution in [3.8, 4) is 0 Å². The van der Waals surface area contributed by atoms with Gasteiger partial charge >= 0.3 is 0 Å². The number of nitrogens with zero attached hydrogens (tertiary/aromatic N) is 3. The number of anilines is 1. The maximum atomic E-state index is 13.8. The molecule has 0 unspecified atom stereocenters. The van der Waals surface area contributed by atoms with Crippen LogP contribution < -0.4 is 19.8 Å². The molecular formula is C29H25N3O3S. The van der Waals surface area contributed by atoms with Gasteiger partial charge in [-0.25, -0.2) is 4.99 Å². The lowest BCUT2D eigenvalue weighted by Crippen LogP contribution is -2.38. The summed E-state index contributed by atoms with van der Waals surface area (Å²) in [7, 11) is 0. The first-order chi connectivity index (χ1) is 17.8. The average molecular weight is 496 g/mol. The Labute approximate surface area is 212 Å². The number of hydrogen-bond donors (Lipinski definition) is 0. The lowest BCUT2D eigenvalue weighted by molar-refractivity contribution is 0.120. The Balaban J connectivity index is 1.38. The van der Waals surface area contributed by atoms with Gasteiger partial charge in [0, 0.05) is 30.8 Å². The molecule has 0 spiro atoms. The molecular weight excluding hydrogens is 470 g/mol. The highest BCUT2D eigenvalue weighted by Crippen LogP contribution is 2.41. The molecule has 7 rings (SSSR count). The Morgan fingerprint density at radius 3 is 2.61 bits per heavy atom. The fourth-order valence-corrected chi connectivity index (χ4v) is 6.44. The highest BCUT2D eigenvalue weighted by molar-refractivity contribution is 7.07. The minimum Gasteiger partial charge on any atom is -0.441 e. The van der Waals surface area contributed by atoms with E-state index in [1.807, 2.05) is 41.0 Å². The standard InChI is InChI=1S/C29H25N3O3S/c33-28-24(18-21-11-13-25(35-21)31-14-16-34-17-15-31)36-29-30-26-22-9-5-4-6-19(22)10-12-23(26)27(32(28)29)20-7-2-1-3-8-20/h1-9,11,13,18,27H,10,12,14-17H2/t27-/m0/s1. The van der Waals surface area contributed by atoms with E-state index in [1.54, 1.807) is 0 Å². The monoisotopic (exact) mass is 495 g/mol. The summed E-state index contributed by atoms with van der Waals surface area (Å²) in [6.07, 6.45) is 3.70. The minimum atomic E-state index is -0.159. The van der Waals surface area contributed by atoms with Crippen LogP contribution in [0.4, 0.5) is 5.88 Å². The maximum absolute atomic E-state index is 13.8. The number of thiazole rings is 1. The zero-order chi connectivity index (χ0) is 24.1. The number of allylic oxidation sites excluding steroid dienone is 1. The van der Waals surface area contributed by atoms with Gasteiger partial charge in [-0.1, -0.05) is 65.9 Å². The molecule has 1 saturated heterocycles. The van der Waals surface area contributed by atoms with Crippen LogP contribution in [0.2, 0.25) is 0 Å². The van der Waals surface area contributed by atoms with Gasteiger partial charge in [0.25, 0.3) is 5.56 Å². The molecule has 180 valence electrons. The molecule has 1 aliphatic carbocycles. The first-order valence-corrected chi connectivity index (χ1v) is 13.2. The fourth-order valence-electron chi connectivity index (χ4n) is 5.46. The van der Waals surface area contributed by atoms with Gasteiger partial charge in [-0.3, -0.25) is 9.36 Å². The third-order valence-electron chi connectivity index (χ3n) is 7.20. The Kier molecular flexibility index (Phi) is 5.26. The molecule has 2 aliphatic heterocycles. The zero-order valence-corrected chi connectivity index (χ0v) is 20.5. The molecule has 0 N–H and O–H groups in total. The SMILES string of the molecule is O=c1c(=Cc2ccc(N3CCOCC3)o2)sc2n1[C@@H](c1ccccc1)C1=C(N=2)c2ccccc2CC1. The summed E-state index contributed by atoms with van der Waals surface area (Å²) in [6.45, 7) is 3.00. The largest absolute Gasteiger partial charge is 0.441 e. The summed E-state index contributed by atoms with van der Waals surface area (Å²) in [5.41, 5.74) is 5.81. The predicted molar refractivity (Wildman–Crippen MR) is 141 cm³/mol. The molecule has 0 amide bonds. The van der Waals surface area contributed by atoms with Crippen molar-refractivity contribution in [2.75, 3.05) is 31.2 Å². The van der Waals surface area contributed by atoms with E-state index in [-0.39, 0.29) is 11.6 Å². The highest BCUT2D eigenvalue weighted by atomic mass is 32.1. The van der Waals surface area contributed by atoms with Crippen molar-refractivity contribution in [3.05, 3.63) is 114 Å². The van der Waals surface area contributed by atoms with Crippen molar-refractivity contribution >= 4 is 29.0 Å². The van der Waals surface area contributed by atoms with Gasteiger partial charge in [0.2, 0.25) is 0 Å². The summed E-state index contributed by atoms with van der Waals surface area (Å²) in [5, 5.41) is 0. The van der Waals surface area contributed by atoms with E-state index < -0.39 is 0 Å². The van der Waals surface area contributed by atoms with Gasteiger partial charge in [-0.05, 0) is 35.6 Å². The summed E-state index contributed by atoms with van der Waals surface area (Å²) >= 11 is 1.43. The number of aromatic nitrogens is 1. The van der Waals surface area contributed by atoms with Gasteiger partial charge in [-0.2, -0.15) is 0 Å². The van der Waals surface area contributed by atoms with Crippen LogP contribution in [0.5, 0.6) is 0 Å². The Morgan fingerprint density at radius 2 is 1.75 bits per heavy atom. The average Bonchev–Trinajstić information content (AvgIpc) is 3.53. The van der Waals surface area contributed by atoms with Crippen molar-refractivity contribution in [3.63, 3.8) is 0 Å². The third kappa shape index (κ3) is 3.58. The lowest BCUT2D eigenvalue weighted by Gasteiger charge is -2.30. The van der Waals surface area contributed by atoms with Crippen LogP contribution in [-0.4, -0.2) is 30.9 Å². The minimum absolute atomic E-state index is 0.0256. The number of morpholine rings is 1. The molecule has 4 aromatic rings. The summed E-state index contributed by atoms with van der Waals surface area (Å²) in [5.74, 6) is 1.48. The molecule has 1 atom stereocenters. The molecule has 0 radical (unpaired) electrons. The molecule has 6 nitrogen and oxygen atoms in total. The van der Waals surface area contributed by atoms with Gasteiger partial charge in [-0.15, -0.1) is 0 Å². The fraction of sp³-hybridized carbons (Fsp3) is 0.241. The van der Waals surface area contributed by atoms with E-state index in [2.05, 4.69) is 41.3 Å². The molecule has 7 heteroatoms. The maximum Gasteiger partial charge on any atom is 0.271 e. The zero-order valence-electron chi connectivity index (χ0n) is 19.7. The topological polar surface area (TPSA) is 60.0 Å². The Hall–Kier alpha value is -3.68. The molecule has 2 aromatic carbocycles. The number of fused-ring (bicyclic) bond motifs is 3. The number of ether oxygens (including phenoxy) is 1. The van der Waals surface area contributed by atoms with Crippen LogP contribution in [-0.2, 0) is 11.2 Å². The normalized spacial score (nSPS) is 19.5. The van der Waals surface area contributed by atoms with Crippen LogP contribution in [0.15, 0.2) is 86.5 Å². The van der Waals surface area contributed by atoms with Crippen LogP contribution in [0, 0.1) is 0 Å². The number of hydrogen-bond acceptors (Lipinski definition) is 6. The van der Waals surface area contributed by atoms with Gasteiger partial charge < -0.3 is 14.1 Å². The molecule has 4 heterocycles. The molecule has 0 bridgehead atoms. The van der Waals surface area contributed by atoms with E-state index in [9.17, 15) is 4.79 Å². The second kappa shape index (κ2) is 8.76. The molecule has 3 aliphatic rings. The van der Waals surface area contributed by atoms with Gasteiger partial charge in [0.1, 0.15) is 5.76 Å². The van der Waals surface area contributed by atoms with E-state index in [0.717, 1.165) is 47.9 Å². The third-order valence-corrected chi connectivity index (χ3v) is 8.18. The van der Waals surface area contributed by atoms with Crippen molar-refractivity contribution in [1.29, 1.82) is 0 Å². The van der Waals surface area contributed by atoms with E-state index >= 15 is 0 Å². The number of furan rings is 1. The summed E-state index contributed by atoms with van der Waals surface area (Å²) in [4.78, 5) is 21.8. The van der Waals surface area contributed by atoms with Crippen LogP contribution in [0.25, 0.3) is 11.8 Å². The molecule has 36 heavy (non-hydrogen) atoms. The number of aryl methyl sites for hydroxylation is 1. The quantitative estimate of drug-likeness (QED) is 0.435. The van der Waals surface area contributed by atoms with Gasteiger partial charge in [0.05, 0.1) is 29.5 Å². The highest BCUT2D eigenvalue weighted by Gasteiger charge is 2.32. The number of benzene rings is 2. The number of rotatable bonds is 3. The first-order valence-electron chi connectivity index (χ1n) is 12.4. The van der Waals surface area contributed by atoms with E-state index in [1.165, 1.54) is 28.0 Å². The second-order valence-corrected chi connectivity index (χ2v) is 10.3. The van der Waals surface area contributed by atoms with Crippen LogP contribution in [0.3, 0.4) is 0 Å². The smallest absolute Gasteiger partial charge is 0.271 e. The van der Waals surface area contributed by atoms with E-state index in [0.29, 0.717) is 23.5 Å². The molecule has 2 aromatic heterocycles. The van der Waals surface area contributed by atoms with Crippen molar-refractivity contribution in [2.24, 2.45) is 4.99 Å². The summed E-state index contributed by atoms with van der Waals surface area (Å²) in [6, 6.07) is 22.6. The van der Waals surface area contributed by atoms with Crippen LogP contribution >= 0.6 is 11.3 Å². The van der Waals surface area contributed by atoms with Crippen LogP contribution in [0.1, 0.15) is 34.9 Å². The first kappa shape index (κ1) is 21.6.